The number of aromatic hydroxyl groups is 2. The number of aliphatic hydroxyl groups is 1. The number of rotatable bonds is 6. The predicted molar refractivity (Wildman–Crippen MR) is 150 cm³/mol. The van der Waals surface area contributed by atoms with E-state index in [1.165, 1.54) is 0 Å². The highest BCUT2D eigenvalue weighted by Crippen LogP contribution is 2.50. The second kappa shape index (κ2) is 10.3. The van der Waals surface area contributed by atoms with E-state index in [9.17, 15) is 15.3 Å². The van der Waals surface area contributed by atoms with E-state index in [0.29, 0.717) is 23.8 Å². The van der Waals surface area contributed by atoms with Crippen LogP contribution in [-0.4, -0.2) is 34.6 Å². The highest BCUT2D eigenvalue weighted by molar-refractivity contribution is 5.82. The maximum atomic E-state index is 11.3. The molecule has 3 aromatic rings. The zero-order chi connectivity index (χ0) is 27.3. The average Bonchev–Trinajstić information content (AvgIpc) is 3.42. The van der Waals surface area contributed by atoms with Gasteiger partial charge in [0.2, 0.25) is 0 Å². The van der Waals surface area contributed by atoms with Crippen molar-refractivity contribution in [3.05, 3.63) is 64.2 Å². The molecule has 6 nitrogen and oxygen atoms in total. The molecule has 0 bridgehead atoms. The van der Waals surface area contributed by atoms with Crippen LogP contribution < -0.4 is 14.2 Å². The minimum atomic E-state index is -0.753. The quantitative estimate of drug-likeness (QED) is 0.340. The Hall–Kier alpha value is -3.38. The van der Waals surface area contributed by atoms with E-state index in [2.05, 4.69) is 19.9 Å². The zero-order valence-corrected chi connectivity index (χ0v) is 23.0. The van der Waals surface area contributed by atoms with Gasteiger partial charge in [-0.25, -0.2) is 0 Å². The second-order valence-electron chi connectivity index (χ2n) is 11.7. The molecule has 0 saturated heterocycles. The Bertz CT molecular complexity index is 1390. The fraction of sp³-hybridized carbons (Fsp3) is 0.455. The third-order valence-corrected chi connectivity index (χ3v) is 8.46. The number of hydrogen-bond donors (Lipinski definition) is 3. The maximum absolute atomic E-state index is 11.3. The molecule has 2 aliphatic carbocycles. The molecule has 6 rings (SSSR count). The Morgan fingerprint density at radius 2 is 1.74 bits per heavy atom. The predicted octanol–water partition coefficient (Wildman–Crippen LogP) is 6.43. The van der Waals surface area contributed by atoms with Gasteiger partial charge in [-0.15, -0.1) is 0 Å². The van der Waals surface area contributed by atoms with Gasteiger partial charge in [-0.2, -0.15) is 0 Å². The molecule has 39 heavy (non-hydrogen) atoms. The van der Waals surface area contributed by atoms with Crippen LogP contribution in [0.1, 0.15) is 73.5 Å². The van der Waals surface area contributed by atoms with Gasteiger partial charge >= 0.3 is 0 Å². The number of phenols is 2. The highest BCUT2D eigenvalue weighted by Gasteiger charge is 2.36. The molecule has 3 N–H and O–H groups in total. The van der Waals surface area contributed by atoms with Crippen molar-refractivity contribution < 1.29 is 29.5 Å². The molecule has 3 aliphatic rings. The van der Waals surface area contributed by atoms with Crippen LogP contribution in [0.5, 0.6) is 28.7 Å². The van der Waals surface area contributed by atoms with Gasteiger partial charge in [-0.3, -0.25) is 0 Å². The molecule has 1 heterocycles. The van der Waals surface area contributed by atoms with Gasteiger partial charge in [0.15, 0.2) is 11.5 Å². The van der Waals surface area contributed by atoms with E-state index in [-0.39, 0.29) is 11.9 Å². The summed E-state index contributed by atoms with van der Waals surface area (Å²) >= 11 is 0. The molecule has 0 radical (unpaired) electrons. The first kappa shape index (κ1) is 25.9. The third kappa shape index (κ3) is 4.80. The van der Waals surface area contributed by atoms with Crippen molar-refractivity contribution in [2.24, 2.45) is 5.92 Å². The summed E-state index contributed by atoms with van der Waals surface area (Å²) in [7, 11) is 1.67. The van der Waals surface area contributed by atoms with Crippen molar-refractivity contribution in [3.63, 3.8) is 0 Å². The van der Waals surface area contributed by atoms with Crippen molar-refractivity contribution in [2.45, 2.75) is 83.5 Å². The molecule has 6 heteroatoms. The normalized spacial score (nSPS) is 20.2. The Kier molecular flexibility index (Phi) is 6.84. The molecule has 1 aliphatic heterocycles. The van der Waals surface area contributed by atoms with E-state index < -0.39 is 12.2 Å². The van der Waals surface area contributed by atoms with Crippen LogP contribution in [0, 0.1) is 5.92 Å². The topological polar surface area (TPSA) is 88.4 Å². The summed E-state index contributed by atoms with van der Waals surface area (Å²) in [6.45, 7) is 4.30. The number of benzene rings is 3. The molecule has 0 amide bonds. The molecule has 1 fully saturated rings. The number of aliphatic hydroxyl groups excluding tert-OH is 1. The van der Waals surface area contributed by atoms with Gasteiger partial charge < -0.3 is 29.5 Å². The molecule has 3 aromatic carbocycles. The van der Waals surface area contributed by atoms with E-state index in [1.54, 1.807) is 25.3 Å². The lowest BCUT2D eigenvalue weighted by molar-refractivity contribution is 0.0201. The first-order valence-corrected chi connectivity index (χ1v) is 14.2. The standard InChI is InChI=1S/C33H38O6/c1-18(2)12-21-13-24-19(14-27(21)35)8-10-23-25-16-28(36)33(39-29(25)17-31(37-3)32(23)24)20-9-11-26(34)30(15-20)38-22-6-4-5-7-22/h9,11,13-15,17-18,22,28,33-36H,4-8,10,12,16H2,1-3H3/t28-,33+/m1/s1. The lowest BCUT2D eigenvalue weighted by Crippen LogP contribution is -2.31. The molecule has 2 atom stereocenters. The van der Waals surface area contributed by atoms with Gasteiger partial charge in [0.25, 0.3) is 0 Å². The summed E-state index contributed by atoms with van der Waals surface area (Å²) in [5, 5.41) is 32.4. The van der Waals surface area contributed by atoms with E-state index in [1.807, 2.05) is 12.1 Å². The number of hydrogen-bond acceptors (Lipinski definition) is 6. The number of fused-ring (bicyclic) bond motifs is 5. The molecule has 0 aromatic heterocycles. The van der Waals surface area contributed by atoms with Crippen molar-refractivity contribution in [1.29, 1.82) is 0 Å². The third-order valence-electron chi connectivity index (χ3n) is 8.46. The van der Waals surface area contributed by atoms with Gasteiger partial charge in [-0.1, -0.05) is 19.9 Å². The Labute approximate surface area is 230 Å². The monoisotopic (exact) mass is 530 g/mol. The summed E-state index contributed by atoms with van der Waals surface area (Å²) in [6, 6.07) is 11.2. The molecular weight excluding hydrogens is 492 g/mol. The summed E-state index contributed by atoms with van der Waals surface area (Å²) in [5.74, 6) is 2.78. The number of ether oxygens (including phenoxy) is 3. The minimum Gasteiger partial charge on any atom is -0.508 e. The summed E-state index contributed by atoms with van der Waals surface area (Å²) in [4.78, 5) is 0. The van der Waals surface area contributed by atoms with Crippen molar-refractivity contribution in [1.82, 2.24) is 0 Å². The fourth-order valence-electron chi connectivity index (χ4n) is 6.58. The van der Waals surface area contributed by atoms with Crippen LogP contribution >= 0.6 is 0 Å². The van der Waals surface area contributed by atoms with Crippen molar-refractivity contribution in [2.75, 3.05) is 7.11 Å². The Morgan fingerprint density at radius 3 is 2.49 bits per heavy atom. The fourth-order valence-corrected chi connectivity index (χ4v) is 6.58. The smallest absolute Gasteiger partial charge is 0.161 e. The lowest BCUT2D eigenvalue weighted by Gasteiger charge is -2.35. The van der Waals surface area contributed by atoms with Crippen LogP contribution in [0.2, 0.25) is 0 Å². The molecular formula is C33H38O6. The number of phenolic OH excluding ortho intramolecular Hbond substituents is 2. The van der Waals surface area contributed by atoms with Crippen LogP contribution in [-0.2, 0) is 25.7 Å². The summed E-state index contributed by atoms with van der Waals surface area (Å²) in [6.07, 6.45) is 5.88. The average molecular weight is 531 g/mol. The maximum Gasteiger partial charge on any atom is 0.161 e. The first-order chi connectivity index (χ1) is 18.8. The molecule has 1 saturated carbocycles. The van der Waals surface area contributed by atoms with Crippen LogP contribution in [0.4, 0.5) is 0 Å². The molecule has 206 valence electrons. The van der Waals surface area contributed by atoms with Gasteiger partial charge in [0.05, 0.1) is 19.3 Å². The van der Waals surface area contributed by atoms with Gasteiger partial charge in [0.1, 0.15) is 23.4 Å². The second-order valence-corrected chi connectivity index (χ2v) is 11.7. The van der Waals surface area contributed by atoms with Crippen molar-refractivity contribution in [3.8, 4) is 39.9 Å². The highest BCUT2D eigenvalue weighted by atomic mass is 16.5. The van der Waals surface area contributed by atoms with Gasteiger partial charge in [-0.05, 0) is 103 Å². The van der Waals surface area contributed by atoms with E-state index >= 15 is 0 Å². The summed E-state index contributed by atoms with van der Waals surface area (Å²) in [5.41, 5.74) is 7.11. The summed E-state index contributed by atoms with van der Waals surface area (Å²) < 4.78 is 18.5. The van der Waals surface area contributed by atoms with E-state index in [0.717, 1.165) is 95.4 Å². The Balaban J connectivity index is 1.37. The number of methoxy groups -OCH3 is 1. The van der Waals surface area contributed by atoms with E-state index in [4.69, 9.17) is 14.2 Å². The van der Waals surface area contributed by atoms with Crippen LogP contribution in [0.25, 0.3) is 11.1 Å². The number of aryl methyl sites for hydroxylation is 1. The van der Waals surface area contributed by atoms with Crippen LogP contribution in [0.3, 0.4) is 0 Å². The molecule has 0 spiro atoms. The largest absolute Gasteiger partial charge is 0.508 e. The lowest BCUT2D eigenvalue weighted by atomic mass is 9.79. The first-order valence-electron chi connectivity index (χ1n) is 14.2. The van der Waals surface area contributed by atoms with Crippen LogP contribution in [0.15, 0.2) is 36.4 Å². The zero-order valence-electron chi connectivity index (χ0n) is 23.0. The van der Waals surface area contributed by atoms with Gasteiger partial charge in [0, 0.05) is 23.6 Å². The SMILES string of the molecule is COc1cc2c(c3c1-c1cc(CC(C)C)c(O)cc1CC3)C[C@@H](O)[C@H](c1ccc(O)c(OC3CCCC3)c1)O2. The van der Waals surface area contributed by atoms with Crippen molar-refractivity contribution >= 4 is 0 Å². The minimum absolute atomic E-state index is 0.105. The Morgan fingerprint density at radius 1 is 0.949 bits per heavy atom. The molecule has 0 unspecified atom stereocenters.